The summed E-state index contributed by atoms with van der Waals surface area (Å²) in [7, 11) is 0. The second-order valence-electron chi connectivity index (χ2n) is 4.18. The first-order chi connectivity index (χ1) is 9.95. The molecule has 0 bridgehead atoms. The van der Waals surface area contributed by atoms with E-state index < -0.39 is 29.8 Å². The normalized spacial score (nSPS) is 12.8. The number of aromatic amines is 1. The van der Waals surface area contributed by atoms with Crippen LogP contribution in [0.1, 0.15) is 24.6 Å². The zero-order chi connectivity index (χ0) is 15.8. The average molecular weight is 294 g/mol. The number of carbonyl (C=O) groups excluding carboxylic acids is 2. The monoisotopic (exact) mass is 294 g/mol. The molecule has 9 nitrogen and oxygen atoms in total. The molecule has 4 N–H and O–H groups in total. The second-order valence-corrected chi connectivity index (χ2v) is 4.18. The summed E-state index contributed by atoms with van der Waals surface area (Å²) < 4.78 is 0. The number of aliphatic hydroxyl groups is 1. The van der Waals surface area contributed by atoms with Crippen molar-refractivity contribution in [2.75, 3.05) is 0 Å². The topological polar surface area (TPSA) is 156 Å². The number of rotatable bonds is 8. The lowest BCUT2D eigenvalue weighted by Crippen LogP contribution is -2.43. The highest BCUT2D eigenvalue weighted by molar-refractivity contribution is 6.25. The minimum Gasteiger partial charge on any atom is -0.480 e. The molecule has 1 heterocycles. The van der Waals surface area contributed by atoms with Crippen LogP contribution in [0, 0.1) is 0 Å². The minimum absolute atomic E-state index is 0.191. The molecule has 0 radical (unpaired) electrons. The summed E-state index contributed by atoms with van der Waals surface area (Å²) in [6.07, 6.45) is 0.210. The number of carboxylic acid groups (broad SMARTS) is 1. The molecule has 2 atom stereocenters. The van der Waals surface area contributed by atoms with Crippen molar-refractivity contribution >= 4 is 23.9 Å². The molecule has 9 heteroatoms. The van der Waals surface area contributed by atoms with Crippen LogP contribution in [-0.4, -0.2) is 49.9 Å². The van der Waals surface area contributed by atoms with Crippen LogP contribution in [0.3, 0.4) is 0 Å². The molecule has 1 aromatic heterocycles. The van der Waals surface area contributed by atoms with Crippen molar-refractivity contribution in [1.82, 2.24) is 10.3 Å². The van der Waals surface area contributed by atoms with Crippen LogP contribution in [-0.2, 0) is 14.4 Å². The molecule has 0 aromatic carbocycles. The van der Waals surface area contributed by atoms with Crippen LogP contribution in [0.15, 0.2) is 18.3 Å². The Bertz CT molecular complexity index is 562. The van der Waals surface area contributed by atoms with Crippen molar-refractivity contribution in [3.05, 3.63) is 29.6 Å². The van der Waals surface area contributed by atoms with Gasteiger partial charge in [0.1, 0.15) is 6.04 Å². The maximum Gasteiger partial charge on any atom is 0.326 e. The summed E-state index contributed by atoms with van der Waals surface area (Å²) >= 11 is 0. The number of aliphatic hydroxyl groups excluding tert-OH is 1. The Kier molecular flexibility index (Phi) is 5.99. The summed E-state index contributed by atoms with van der Waals surface area (Å²) in [4.78, 5) is 39.0. The highest BCUT2D eigenvalue weighted by Crippen LogP contribution is 2.10. The lowest BCUT2D eigenvalue weighted by Gasteiger charge is -2.16. The van der Waals surface area contributed by atoms with Gasteiger partial charge in [0.2, 0.25) is 5.78 Å². The van der Waals surface area contributed by atoms with Gasteiger partial charge in [-0.2, -0.15) is 4.79 Å². The number of H-pyrrole nitrogens is 1. The van der Waals surface area contributed by atoms with Crippen LogP contribution in [0.4, 0.5) is 0 Å². The molecule has 1 rings (SSSR count). The van der Waals surface area contributed by atoms with Gasteiger partial charge in [-0.1, -0.05) is 0 Å². The summed E-state index contributed by atoms with van der Waals surface area (Å²) in [6, 6.07) is 1.72. The van der Waals surface area contributed by atoms with Crippen molar-refractivity contribution < 1.29 is 29.4 Å². The van der Waals surface area contributed by atoms with Gasteiger partial charge >= 0.3 is 12.2 Å². The number of hydrogen-bond acceptors (Lipinski definition) is 4. The standard InChI is InChI=1S/C12H14N4O5/c13-15-6-7(17)3-4-9(12(20)21)16-11(19)10(18)8-2-1-5-14-8/h1-2,5-6,9-10,14,18H,3-4H2,(H,16,19)(H,20,21)/t9-,10+/m0/s1. The molecule has 21 heavy (non-hydrogen) atoms. The Hall–Kier alpha value is -2.77. The number of carboxylic acids is 1. The summed E-state index contributed by atoms with van der Waals surface area (Å²) in [6.45, 7) is 0. The average Bonchev–Trinajstić information content (AvgIpc) is 2.96. The molecule has 0 fully saturated rings. The second kappa shape index (κ2) is 7.73. The molecule has 0 aliphatic heterocycles. The number of nitrogens with one attached hydrogen (secondary N) is 2. The Morgan fingerprint density at radius 2 is 2.19 bits per heavy atom. The fourth-order valence-electron chi connectivity index (χ4n) is 1.58. The quantitative estimate of drug-likeness (QED) is 0.282. The maximum absolute atomic E-state index is 11.7. The molecule has 0 unspecified atom stereocenters. The van der Waals surface area contributed by atoms with Gasteiger partial charge in [0.25, 0.3) is 5.91 Å². The number of hydrogen-bond donors (Lipinski definition) is 4. The fourth-order valence-corrected chi connectivity index (χ4v) is 1.58. The van der Waals surface area contributed by atoms with Crippen molar-refractivity contribution in [1.29, 1.82) is 0 Å². The Morgan fingerprint density at radius 1 is 1.48 bits per heavy atom. The first kappa shape index (κ1) is 16.3. The summed E-state index contributed by atoms with van der Waals surface area (Å²) in [5.74, 6) is -2.81. The van der Waals surface area contributed by atoms with Crippen molar-refractivity contribution in [2.45, 2.75) is 25.0 Å². The lowest BCUT2D eigenvalue weighted by molar-refractivity contribution is -0.143. The van der Waals surface area contributed by atoms with E-state index >= 15 is 0 Å². The van der Waals surface area contributed by atoms with Gasteiger partial charge < -0.3 is 26.0 Å². The number of aromatic nitrogens is 1. The first-order valence-corrected chi connectivity index (χ1v) is 6.00. The van der Waals surface area contributed by atoms with Crippen LogP contribution in [0.2, 0.25) is 0 Å². The van der Waals surface area contributed by atoms with E-state index in [1.54, 1.807) is 6.07 Å². The third-order valence-electron chi connectivity index (χ3n) is 2.66. The number of carbonyl (C=O) groups is 3. The number of nitrogens with zero attached hydrogens (tertiary/aromatic N) is 2. The van der Waals surface area contributed by atoms with E-state index in [0.717, 1.165) is 0 Å². The third-order valence-corrected chi connectivity index (χ3v) is 2.66. The smallest absolute Gasteiger partial charge is 0.326 e. The van der Waals surface area contributed by atoms with Crippen LogP contribution in [0.25, 0.3) is 5.53 Å². The molecule has 1 amide bonds. The third kappa shape index (κ3) is 5.01. The Morgan fingerprint density at radius 3 is 2.71 bits per heavy atom. The fraction of sp³-hybridized carbons (Fsp3) is 0.333. The zero-order valence-corrected chi connectivity index (χ0v) is 10.9. The van der Waals surface area contributed by atoms with Crippen LogP contribution >= 0.6 is 0 Å². The van der Waals surface area contributed by atoms with Gasteiger partial charge in [0.15, 0.2) is 6.10 Å². The Labute approximate surface area is 119 Å². The SMILES string of the molecule is [N-]=[N+]=CC(=O)CC[C@H](NC(=O)[C@H](O)c1ccc[nH]1)C(=O)O. The van der Waals surface area contributed by atoms with Crippen molar-refractivity contribution in [3.63, 3.8) is 0 Å². The first-order valence-electron chi connectivity index (χ1n) is 6.00. The molecular formula is C12H14N4O5. The minimum atomic E-state index is -1.53. The van der Waals surface area contributed by atoms with Gasteiger partial charge in [-0.3, -0.25) is 9.59 Å². The summed E-state index contributed by atoms with van der Waals surface area (Å²) in [5, 5.41) is 20.8. The van der Waals surface area contributed by atoms with Crippen molar-refractivity contribution in [3.8, 4) is 0 Å². The summed E-state index contributed by atoms with van der Waals surface area (Å²) in [5.41, 5.74) is 8.38. The van der Waals surface area contributed by atoms with E-state index in [1.165, 1.54) is 12.3 Å². The Balaban J connectivity index is 2.61. The largest absolute Gasteiger partial charge is 0.480 e. The van der Waals surface area contributed by atoms with Crippen LogP contribution in [0.5, 0.6) is 0 Å². The number of ketones is 1. The van der Waals surface area contributed by atoms with Gasteiger partial charge in [0.05, 0.1) is 5.69 Å². The van der Waals surface area contributed by atoms with Gasteiger partial charge in [0, 0.05) is 12.6 Å². The van der Waals surface area contributed by atoms with Gasteiger partial charge in [-0.05, 0) is 18.6 Å². The molecule has 0 aliphatic rings. The number of Topliss-reactive ketones (excluding diaryl/α,β-unsaturated/α-hetero) is 1. The molecule has 1 aromatic rings. The highest BCUT2D eigenvalue weighted by Gasteiger charge is 2.26. The van der Waals surface area contributed by atoms with Crippen molar-refractivity contribution in [2.24, 2.45) is 0 Å². The molecule has 0 saturated heterocycles. The highest BCUT2D eigenvalue weighted by atomic mass is 16.4. The number of amides is 1. The molecule has 0 spiro atoms. The van der Waals surface area contributed by atoms with Gasteiger partial charge in [-0.25, -0.2) is 4.79 Å². The zero-order valence-electron chi connectivity index (χ0n) is 10.9. The van der Waals surface area contributed by atoms with E-state index in [-0.39, 0.29) is 18.5 Å². The van der Waals surface area contributed by atoms with E-state index in [9.17, 15) is 19.5 Å². The van der Waals surface area contributed by atoms with E-state index in [2.05, 4.69) is 15.1 Å². The maximum atomic E-state index is 11.7. The van der Waals surface area contributed by atoms with Gasteiger partial charge in [-0.15, -0.1) is 0 Å². The van der Waals surface area contributed by atoms with E-state index in [4.69, 9.17) is 10.6 Å². The van der Waals surface area contributed by atoms with E-state index in [1.807, 2.05) is 0 Å². The molecule has 0 saturated carbocycles. The predicted molar refractivity (Wildman–Crippen MR) is 69.2 cm³/mol. The molecule has 112 valence electrons. The predicted octanol–water partition coefficient (Wildman–Crippen LogP) is -0.733. The number of aliphatic carboxylic acids is 1. The van der Waals surface area contributed by atoms with E-state index in [0.29, 0.717) is 6.21 Å². The molecular weight excluding hydrogens is 280 g/mol. The lowest BCUT2D eigenvalue weighted by atomic mass is 10.1. The van der Waals surface area contributed by atoms with Crippen LogP contribution < -0.4 is 5.32 Å². The molecule has 0 aliphatic carbocycles.